The molecular weight excluding hydrogens is 414 g/mol. The van der Waals surface area contributed by atoms with E-state index < -0.39 is 0 Å². The van der Waals surface area contributed by atoms with Gasteiger partial charge in [0.15, 0.2) is 0 Å². The zero-order valence-corrected chi connectivity index (χ0v) is 19.2. The van der Waals surface area contributed by atoms with Gasteiger partial charge in [-0.25, -0.2) is 0 Å². The van der Waals surface area contributed by atoms with E-state index in [0.29, 0.717) is 25.2 Å². The Balaban J connectivity index is 1.82. The highest BCUT2D eigenvalue weighted by atomic mass is 32.1. The van der Waals surface area contributed by atoms with Crippen molar-refractivity contribution in [2.75, 3.05) is 51.2 Å². The number of carbonyl (C=O) groups excluding carboxylic acids is 2. The van der Waals surface area contributed by atoms with Gasteiger partial charge in [0.05, 0.1) is 12.5 Å². The van der Waals surface area contributed by atoms with Crippen LogP contribution < -0.4 is 10.2 Å². The van der Waals surface area contributed by atoms with E-state index in [0.717, 1.165) is 35.6 Å². The Labute approximate surface area is 187 Å². The van der Waals surface area contributed by atoms with Crippen LogP contribution in [0.25, 0.3) is 0 Å². The van der Waals surface area contributed by atoms with Gasteiger partial charge in [0.1, 0.15) is 6.61 Å². The third kappa shape index (κ3) is 6.78. The summed E-state index contributed by atoms with van der Waals surface area (Å²) in [5.74, 6) is -0.132. The number of hydrogen-bond donors (Lipinski definition) is 1. The van der Waals surface area contributed by atoms with Crippen LogP contribution in [-0.2, 0) is 32.0 Å². The Kier molecular flexibility index (Phi) is 8.45. The molecule has 7 nitrogen and oxygen atoms in total. The van der Waals surface area contributed by atoms with Crippen molar-refractivity contribution in [3.8, 4) is 0 Å². The highest BCUT2D eigenvalue weighted by Crippen LogP contribution is 2.26. The van der Waals surface area contributed by atoms with Crippen LogP contribution in [0.2, 0.25) is 0 Å². The van der Waals surface area contributed by atoms with E-state index in [-0.39, 0.29) is 24.5 Å². The standard InChI is InChI=1S/C23H31N3O4S/c1-25(2)21-9-8-18(24-22(27)16-29-3)12-17(21)14-26(15-19-6-4-10-30-19)23(28)13-20-7-5-11-31-20/h5,7-9,11-12,19H,4,6,10,13-16H2,1-3H3,(H,24,27). The number of nitrogens with zero attached hydrogens (tertiary/aromatic N) is 2. The van der Waals surface area contributed by atoms with Gasteiger partial charge in [-0.05, 0) is 48.1 Å². The van der Waals surface area contributed by atoms with E-state index in [1.165, 1.54) is 7.11 Å². The summed E-state index contributed by atoms with van der Waals surface area (Å²) in [6, 6.07) is 9.72. The maximum absolute atomic E-state index is 13.2. The molecule has 0 radical (unpaired) electrons. The molecule has 1 aromatic carbocycles. The van der Waals surface area contributed by atoms with Gasteiger partial charge in [0, 0.05) is 57.2 Å². The SMILES string of the molecule is COCC(=O)Nc1ccc(N(C)C)c(CN(CC2CCCO2)C(=O)Cc2cccs2)c1. The van der Waals surface area contributed by atoms with E-state index in [1.54, 1.807) is 11.3 Å². The average Bonchev–Trinajstić information content (AvgIpc) is 3.42. The van der Waals surface area contributed by atoms with Crippen molar-refractivity contribution < 1.29 is 19.1 Å². The maximum atomic E-state index is 13.2. The first kappa shape index (κ1) is 23.2. The van der Waals surface area contributed by atoms with Crippen molar-refractivity contribution in [1.29, 1.82) is 0 Å². The Morgan fingerprint density at radius 2 is 2.13 bits per heavy atom. The second kappa shape index (κ2) is 11.3. The summed E-state index contributed by atoms with van der Waals surface area (Å²) in [5.41, 5.74) is 2.66. The van der Waals surface area contributed by atoms with Gasteiger partial charge in [-0.3, -0.25) is 9.59 Å². The number of amides is 2. The summed E-state index contributed by atoms with van der Waals surface area (Å²) in [5, 5.41) is 4.84. The molecule has 1 atom stereocenters. The molecule has 1 aliphatic rings. The van der Waals surface area contributed by atoms with Crippen LogP contribution in [0, 0.1) is 0 Å². The Hall–Kier alpha value is -2.42. The minimum absolute atomic E-state index is 0.00475. The van der Waals surface area contributed by atoms with Crippen LogP contribution >= 0.6 is 11.3 Å². The predicted molar refractivity (Wildman–Crippen MR) is 124 cm³/mol. The number of thiophene rings is 1. The summed E-state index contributed by atoms with van der Waals surface area (Å²) >= 11 is 1.59. The van der Waals surface area contributed by atoms with E-state index in [9.17, 15) is 9.59 Å². The maximum Gasteiger partial charge on any atom is 0.250 e. The topological polar surface area (TPSA) is 71.1 Å². The molecule has 31 heavy (non-hydrogen) atoms. The number of ether oxygens (including phenoxy) is 2. The van der Waals surface area contributed by atoms with Gasteiger partial charge >= 0.3 is 0 Å². The largest absolute Gasteiger partial charge is 0.377 e. The smallest absolute Gasteiger partial charge is 0.250 e. The molecule has 1 saturated heterocycles. The quantitative estimate of drug-likeness (QED) is 0.608. The van der Waals surface area contributed by atoms with Crippen molar-refractivity contribution in [2.24, 2.45) is 0 Å². The van der Waals surface area contributed by atoms with Crippen LogP contribution in [0.15, 0.2) is 35.7 Å². The molecule has 2 aromatic rings. The molecule has 3 rings (SSSR count). The minimum atomic E-state index is -0.212. The Morgan fingerprint density at radius 1 is 1.29 bits per heavy atom. The van der Waals surface area contributed by atoms with Crippen molar-refractivity contribution >= 4 is 34.5 Å². The Morgan fingerprint density at radius 3 is 2.77 bits per heavy atom. The third-order valence-electron chi connectivity index (χ3n) is 5.19. The van der Waals surface area contributed by atoms with Crippen LogP contribution in [0.1, 0.15) is 23.3 Å². The van der Waals surface area contributed by atoms with Crippen LogP contribution in [0.3, 0.4) is 0 Å². The lowest BCUT2D eigenvalue weighted by molar-refractivity contribution is -0.132. The second-order valence-corrected chi connectivity index (χ2v) is 8.92. The molecule has 0 saturated carbocycles. The van der Waals surface area contributed by atoms with Crippen LogP contribution in [0.4, 0.5) is 11.4 Å². The number of nitrogens with one attached hydrogen (secondary N) is 1. The third-order valence-corrected chi connectivity index (χ3v) is 6.06. The molecule has 168 valence electrons. The first-order valence-electron chi connectivity index (χ1n) is 10.5. The van der Waals surface area contributed by atoms with Crippen molar-refractivity contribution in [1.82, 2.24) is 4.90 Å². The zero-order chi connectivity index (χ0) is 22.2. The van der Waals surface area contributed by atoms with E-state index in [2.05, 4.69) is 5.32 Å². The summed E-state index contributed by atoms with van der Waals surface area (Å²) in [6.45, 7) is 1.76. The number of carbonyl (C=O) groups is 2. The summed E-state index contributed by atoms with van der Waals surface area (Å²) in [4.78, 5) is 30.1. The van der Waals surface area contributed by atoms with E-state index >= 15 is 0 Å². The lowest BCUT2D eigenvalue weighted by atomic mass is 10.1. The fourth-order valence-corrected chi connectivity index (χ4v) is 4.42. The lowest BCUT2D eigenvalue weighted by Gasteiger charge is -2.28. The molecule has 1 unspecified atom stereocenters. The first-order valence-corrected chi connectivity index (χ1v) is 11.3. The zero-order valence-electron chi connectivity index (χ0n) is 18.4. The molecule has 2 heterocycles. The summed E-state index contributed by atoms with van der Waals surface area (Å²) < 4.78 is 10.7. The predicted octanol–water partition coefficient (Wildman–Crippen LogP) is 3.15. The molecular formula is C23H31N3O4S. The van der Waals surface area contributed by atoms with Crippen molar-refractivity contribution in [2.45, 2.75) is 31.9 Å². The molecule has 1 aliphatic heterocycles. The fraction of sp³-hybridized carbons (Fsp3) is 0.478. The fourth-order valence-electron chi connectivity index (χ4n) is 3.72. The summed E-state index contributed by atoms with van der Waals surface area (Å²) in [7, 11) is 5.43. The van der Waals surface area contributed by atoms with Crippen molar-refractivity contribution in [3.63, 3.8) is 0 Å². The molecule has 1 fully saturated rings. The highest BCUT2D eigenvalue weighted by Gasteiger charge is 2.24. The number of hydrogen-bond acceptors (Lipinski definition) is 6. The Bertz CT molecular complexity index is 864. The molecule has 2 amide bonds. The van der Waals surface area contributed by atoms with Gasteiger partial charge in [-0.2, -0.15) is 0 Å². The molecule has 0 aliphatic carbocycles. The van der Waals surface area contributed by atoms with Gasteiger partial charge in [-0.15, -0.1) is 11.3 Å². The first-order chi connectivity index (χ1) is 15.0. The highest BCUT2D eigenvalue weighted by molar-refractivity contribution is 7.10. The van der Waals surface area contributed by atoms with Crippen LogP contribution in [-0.4, -0.2) is 63.8 Å². The second-order valence-electron chi connectivity index (χ2n) is 7.88. The number of benzene rings is 1. The molecule has 1 aromatic heterocycles. The normalized spacial score (nSPS) is 15.6. The molecule has 1 N–H and O–H groups in total. The van der Waals surface area contributed by atoms with E-state index in [4.69, 9.17) is 9.47 Å². The van der Waals surface area contributed by atoms with Gasteiger partial charge < -0.3 is 24.6 Å². The van der Waals surface area contributed by atoms with Crippen molar-refractivity contribution in [3.05, 3.63) is 46.2 Å². The monoisotopic (exact) mass is 445 g/mol. The average molecular weight is 446 g/mol. The van der Waals surface area contributed by atoms with Gasteiger partial charge in [-0.1, -0.05) is 6.07 Å². The lowest BCUT2D eigenvalue weighted by Crippen LogP contribution is -2.38. The minimum Gasteiger partial charge on any atom is -0.377 e. The molecule has 0 spiro atoms. The summed E-state index contributed by atoms with van der Waals surface area (Å²) in [6.07, 6.45) is 2.45. The number of anilines is 2. The number of methoxy groups -OCH3 is 1. The van der Waals surface area contributed by atoms with Gasteiger partial charge in [0.2, 0.25) is 11.8 Å². The number of rotatable bonds is 10. The molecule has 0 bridgehead atoms. The molecule has 8 heteroatoms. The van der Waals surface area contributed by atoms with Gasteiger partial charge in [0.25, 0.3) is 0 Å². The van der Waals surface area contributed by atoms with E-state index in [1.807, 2.05) is 59.6 Å². The van der Waals surface area contributed by atoms with Crippen LogP contribution in [0.5, 0.6) is 0 Å².